The average molecular weight is 250 g/mol. The van der Waals surface area contributed by atoms with E-state index in [9.17, 15) is 4.79 Å². The van der Waals surface area contributed by atoms with Gasteiger partial charge in [-0.05, 0) is 18.6 Å². The minimum Gasteiger partial charge on any atom is -0.469 e. The number of aryl methyl sites for hydroxylation is 1. The summed E-state index contributed by atoms with van der Waals surface area (Å²) >= 11 is 1.55. The van der Waals surface area contributed by atoms with E-state index in [4.69, 9.17) is 4.42 Å². The molecule has 0 aliphatic rings. The second-order valence-corrected chi connectivity index (χ2v) is 4.38. The molecule has 2 heterocycles. The fraction of sp³-hybridized carbons (Fsp3) is 0.333. The molecule has 0 spiro atoms. The molecule has 90 valence electrons. The van der Waals surface area contributed by atoms with E-state index in [0.717, 1.165) is 17.9 Å². The Kier molecular flexibility index (Phi) is 4.32. The zero-order valence-electron chi connectivity index (χ0n) is 9.39. The third-order valence-corrected chi connectivity index (χ3v) is 3.00. The molecule has 0 unspecified atom stereocenters. The number of nitrogens with one attached hydrogen (secondary N) is 1. The summed E-state index contributed by atoms with van der Waals surface area (Å²) in [4.78, 5) is 15.6. The number of thiazole rings is 1. The van der Waals surface area contributed by atoms with Crippen LogP contribution in [0.2, 0.25) is 0 Å². The van der Waals surface area contributed by atoms with Gasteiger partial charge >= 0.3 is 0 Å². The van der Waals surface area contributed by atoms with Gasteiger partial charge in [-0.15, -0.1) is 11.3 Å². The second kappa shape index (κ2) is 6.20. The summed E-state index contributed by atoms with van der Waals surface area (Å²) in [5.74, 6) is 0.953. The molecule has 0 radical (unpaired) electrons. The van der Waals surface area contributed by atoms with Crippen molar-refractivity contribution >= 4 is 17.2 Å². The maximum Gasteiger partial charge on any atom is 0.220 e. The molecule has 1 amide bonds. The van der Waals surface area contributed by atoms with Crippen molar-refractivity contribution in [3.05, 3.63) is 40.7 Å². The van der Waals surface area contributed by atoms with Crippen LogP contribution in [-0.4, -0.2) is 17.4 Å². The van der Waals surface area contributed by atoms with Gasteiger partial charge < -0.3 is 9.73 Å². The Balaban J connectivity index is 1.61. The normalized spacial score (nSPS) is 10.4. The maximum absolute atomic E-state index is 11.5. The predicted octanol–water partition coefficient (Wildman–Crippen LogP) is 2.03. The van der Waals surface area contributed by atoms with Gasteiger partial charge in [0.15, 0.2) is 0 Å². The molecule has 0 atom stereocenters. The summed E-state index contributed by atoms with van der Waals surface area (Å²) in [5, 5.41) is 4.83. The summed E-state index contributed by atoms with van der Waals surface area (Å²) in [6, 6.07) is 3.75. The lowest BCUT2D eigenvalue weighted by atomic mass is 10.2. The number of furan rings is 1. The van der Waals surface area contributed by atoms with Crippen molar-refractivity contribution in [2.75, 3.05) is 6.54 Å². The second-order valence-electron chi connectivity index (χ2n) is 3.66. The molecule has 0 aliphatic carbocycles. The van der Waals surface area contributed by atoms with Crippen LogP contribution < -0.4 is 5.32 Å². The molecule has 5 heteroatoms. The van der Waals surface area contributed by atoms with Crippen LogP contribution in [0.25, 0.3) is 0 Å². The SMILES string of the molecule is O=C(CCc1cscn1)NCCc1ccco1. The summed E-state index contributed by atoms with van der Waals surface area (Å²) in [7, 11) is 0. The Morgan fingerprint density at radius 2 is 2.41 bits per heavy atom. The van der Waals surface area contributed by atoms with E-state index < -0.39 is 0 Å². The zero-order chi connectivity index (χ0) is 11.9. The summed E-state index contributed by atoms with van der Waals surface area (Å²) < 4.78 is 5.17. The maximum atomic E-state index is 11.5. The van der Waals surface area contributed by atoms with Crippen LogP contribution in [-0.2, 0) is 17.6 Å². The van der Waals surface area contributed by atoms with Gasteiger partial charge in [-0.25, -0.2) is 4.98 Å². The topological polar surface area (TPSA) is 55.1 Å². The number of rotatable bonds is 6. The van der Waals surface area contributed by atoms with Crippen molar-refractivity contribution in [1.82, 2.24) is 10.3 Å². The Bertz CT molecular complexity index is 437. The van der Waals surface area contributed by atoms with Crippen LogP contribution in [0.1, 0.15) is 17.9 Å². The minimum atomic E-state index is 0.0598. The van der Waals surface area contributed by atoms with Gasteiger partial charge in [0.1, 0.15) is 5.76 Å². The first-order valence-corrected chi connectivity index (χ1v) is 6.45. The molecule has 4 nitrogen and oxygen atoms in total. The van der Waals surface area contributed by atoms with Gasteiger partial charge in [-0.1, -0.05) is 0 Å². The number of hydrogen-bond acceptors (Lipinski definition) is 4. The smallest absolute Gasteiger partial charge is 0.220 e. The number of carbonyl (C=O) groups is 1. The quantitative estimate of drug-likeness (QED) is 0.853. The lowest BCUT2D eigenvalue weighted by Crippen LogP contribution is -2.25. The highest BCUT2D eigenvalue weighted by atomic mass is 32.1. The van der Waals surface area contributed by atoms with E-state index in [2.05, 4.69) is 10.3 Å². The van der Waals surface area contributed by atoms with Gasteiger partial charge in [-0.2, -0.15) is 0 Å². The average Bonchev–Trinajstić information content (AvgIpc) is 2.99. The van der Waals surface area contributed by atoms with Gasteiger partial charge in [0.2, 0.25) is 5.91 Å². The van der Waals surface area contributed by atoms with E-state index in [0.29, 0.717) is 19.4 Å². The fourth-order valence-corrected chi connectivity index (χ4v) is 2.06. The molecule has 1 N–H and O–H groups in total. The van der Waals surface area contributed by atoms with Crippen LogP contribution in [0.15, 0.2) is 33.7 Å². The van der Waals surface area contributed by atoms with Crippen LogP contribution >= 0.6 is 11.3 Å². The number of carbonyl (C=O) groups excluding carboxylic acids is 1. The molecule has 0 bridgehead atoms. The van der Waals surface area contributed by atoms with Crippen LogP contribution in [0.4, 0.5) is 0 Å². The van der Waals surface area contributed by atoms with Crippen molar-refractivity contribution in [3.63, 3.8) is 0 Å². The number of aromatic nitrogens is 1. The van der Waals surface area contributed by atoms with Crippen molar-refractivity contribution in [2.45, 2.75) is 19.3 Å². The highest BCUT2D eigenvalue weighted by Crippen LogP contribution is 2.04. The molecule has 0 aromatic carbocycles. The standard InChI is InChI=1S/C12H14N2O2S/c15-12(4-3-10-8-17-9-14-10)13-6-5-11-2-1-7-16-11/h1-2,7-9H,3-6H2,(H,13,15). The Morgan fingerprint density at radius 3 is 3.12 bits per heavy atom. The monoisotopic (exact) mass is 250 g/mol. The Morgan fingerprint density at radius 1 is 1.47 bits per heavy atom. The lowest BCUT2D eigenvalue weighted by Gasteiger charge is -2.02. The van der Waals surface area contributed by atoms with E-state index >= 15 is 0 Å². The van der Waals surface area contributed by atoms with E-state index in [-0.39, 0.29) is 5.91 Å². The highest BCUT2D eigenvalue weighted by Gasteiger charge is 2.03. The first kappa shape index (κ1) is 11.9. The van der Waals surface area contributed by atoms with E-state index in [1.165, 1.54) is 0 Å². The van der Waals surface area contributed by atoms with Gasteiger partial charge in [-0.3, -0.25) is 4.79 Å². The zero-order valence-corrected chi connectivity index (χ0v) is 10.2. The van der Waals surface area contributed by atoms with E-state index in [1.54, 1.807) is 23.1 Å². The van der Waals surface area contributed by atoms with Crippen LogP contribution in [0, 0.1) is 0 Å². The van der Waals surface area contributed by atoms with Crippen molar-refractivity contribution in [1.29, 1.82) is 0 Å². The third kappa shape index (κ3) is 4.03. The van der Waals surface area contributed by atoms with Crippen LogP contribution in [0.3, 0.4) is 0 Å². The molecule has 0 saturated heterocycles. The summed E-state index contributed by atoms with van der Waals surface area (Å²) in [6.45, 7) is 0.614. The number of amides is 1. The third-order valence-electron chi connectivity index (χ3n) is 2.37. The molecule has 0 fully saturated rings. The molecule has 17 heavy (non-hydrogen) atoms. The molecule has 2 rings (SSSR count). The van der Waals surface area contributed by atoms with Crippen molar-refractivity contribution in [2.24, 2.45) is 0 Å². The van der Waals surface area contributed by atoms with Crippen molar-refractivity contribution in [3.8, 4) is 0 Å². The highest BCUT2D eigenvalue weighted by molar-refractivity contribution is 7.07. The lowest BCUT2D eigenvalue weighted by molar-refractivity contribution is -0.121. The van der Waals surface area contributed by atoms with Gasteiger partial charge in [0.25, 0.3) is 0 Å². The van der Waals surface area contributed by atoms with Crippen LogP contribution in [0.5, 0.6) is 0 Å². The van der Waals surface area contributed by atoms with Gasteiger partial charge in [0.05, 0.1) is 17.5 Å². The number of hydrogen-bond donors (Lipinski definition) is 1. The van der Waals surface area contributed by atoms with Gasteiger partial charge in [0, 0.05) is 24.8 Å². The van der Waals surface area contributed by atoms with Crippen molar-refractivity contribution < 1.29 is 9.21 Å². The first-order valence-electron chi connectivity index (χ1n) is 5.51. The molecule has 2 aromatic heterocycles. The summed E-state index contributed by atoms with van der Waals surface area (Å²) in [6.07, 6.45) is 3.56. The first-order chi connectivity index (χ1) is 8.34. The fourth-order valence-electron chi connectivity index (χ4n) is 1.47. The molecule has 2 aromatic rings. The molecule has 0 saturated carbocycles. The van der Waals surface area contributed by atoms with E-state index in [1.807, 2.05) is 17.5 Å². The Hall–Kier alpha value is -1.62. The predicted molar refractivity (Wildman–Crippen MR) is 65.9 cm³/mol. The largest absolute Gasteiger partial charge is 0.469 e. The Labute approximate surface area is 104 Å². The molecule has 0 aliphatic heterocycles. The summed E-state index contributed by atoms with van der Waals surface area (Å²) in [5.41, 5.74) is 2.76. The minimum absolute atomic E-state index is 0.0598. The number of nitrogens with zero attached hydrogens (tertiary/aromatic N) is 1. The molecular weight excluding hydrogens is 236 g/mol. The molecular formula is C12H14N2O2S.